The lowest BCUT2D eigenvalue weighted by Crippen LogP contribution is -2.04. The van der Waals surface area contributed by atoms with Crippen LogP contribution in [-0.2, 0) is 0 Å². The molecular weight excluding hydrogens is 190 g/mol. The molecular formula is C12H11NO2. The molecule has 0 saturated heterocycles. The molecule has 0 aliphatic carbocycles. The van der Waals surface area contributed by atoms with E-state index in [1.54, 1.807) is 16.7 Å². The first-order valence-corrected chi connectivity index (χ1v) is 4.73. The fourth-order valence-electron chi connectivity index (χ4n) is 1.75. The third-order valence-corrected chi connectivity index (χ3v) is 2.39. The van der Waals surface area contributed by atoms with Crippen molar-refractivity contribution in [1.29, 1.82) is 0 Å². The van der Waals surface area contributed by atoms with E-state index in [0.29, 0.717) is 11.3 Å². The SMILES string of the molecule is CC(=O)c1cc2ccccn2c1C(C)=O. The van der Waals surface area contributed by atoms with E-state index in [1.165, 1.54) is 13.8 Å². The van der Waals surface area contributed by atoms with Gasteiger partial charge in [0.15, 0.2) is 11.6 Å². The smallest absolute Gasteiger partial charge is 0.177 e. The number of Topliss-reactive ketones (excluding diaryl/α,β-unsaturated/α-hetero) is 2. The van der Waals surface area contributed by atoms with Crippen LogP contribution in [-0.4, -0.2) is 16.0 Å². The van der Waals surface area contributed by atoms with E-state index >= 15 is 0 Å². The predicted octanol–water partition coefficient (Wildman–Crippen LogP) is 2.34. The highest BCUT2D eigenvalue weighted by Crippen LogP contribution is 2.17. The number of fused-ring (bicyclic) bond motifs is 1. The van der Waals surface area contributed by atoms with Crippen LogP contribution in [0.25, 0.3) is 5.52 Å². The molecule has 0 unspecified atom stereocenters. The molecule has 3 heteroatoms. The Morgan fingerprint density at radius 3 is 2.47 bits per heavy atom. The van der Waals surface area contributed by atoms with Gasteiger partial charge in [-0.05, 0) is 25.1 Å². The van der Waals surface area contributed by atoms with Crippen molar-refractivity contribution >= 4 is 17.1 Å². The molecule has 2 aromatic rings. The Bertz CT molecular complexity index is 552. The Morgan fingerprint density at radius 2 is 1.87 bits per heavy atom. The first kappa shape index (κ1) is 9.65. The number of carbonyl (C=O) groups is 2. The topological polar surface area (TPSA) is 38.5 Å². The molecule has 0 aromatic carbocycles. The summed E-state index contributed by atoms with van der Waals surface area (Å²) in [6.07, 6.45) is 1.79. The summed E-state index contributed by atoms with van der Waals surface area (Å²) in [6, 6.07) is 7.34. The molecule has 0 saturated carbocycles. The quantitative estimate of drug-likeness (QED) is 0.699. The molecule has 0 aliphatic heterocycles. The average Bonchev–Trinajstić information content (AvgIpc) is 2.56. The lowest BCUT2D eigenvalue weighted by Gasteiger charge is -1.99. The molecule has 0 spiro atoms. The van der Waals surface area contributed by atoms with Crippen molar-refractivity contribution in [2.75, 3.05) is 0 Å². The van der Waals surface area contributed by atoms with Crippen LogP contribution < -0.4 is 0 Å². The summed E-state index contributed by atoms with van der Waals surface area (Å²) in [6.45, 7) is 2.95. The summed E-state index contributed by atoms with van der Waals surface area (Å²) in [5.74, 6) is -0.171. The van der Waals surface area contributed by atoms with Crippen molar-refractivity contribution < 1.29 is 9.59 Å². The summed E-state index contributed by atoms with van der Waals surface area (Å²) < 4.78 is 1.75. The average molecular weight is 201 g/mol. The van der Waals surface area contributed by atoms with Crippen LogP contribution in [0, 0.1) is 0 Å². The zero-order chi connectivity index (χ0) is 11.0. The fraction of sp³-hybridized carbons (Fsp3) is 0.167. The van der Waals surface area contributed by atoms with Crippen molar-refractivity contribution in [3.63, 3.8) is 0 Å². The summed E-state index contributed by atoms with van der Waals surface area (Å²) in [4.78, 5) is 22.8. The molecule has 0 atom stereocenters. The highest BCUT2D eigenvalue weighted by molar-refractivity contribution is 6.07. The van der Waals surface area contributed by atoms with E-state index in [2.05, 4.69) is 0 Å². The third-order valence-electron chi connectivity index (χ3n) is 2.39. The van der Waals surface area contributed by atoms with Gasteiger partial charge in [0.05, 0.1) is 5.69 Å². The molecule has 0 amide bonds. The maximum absolute atomic E-state index is 11.5. The van der Waals surface area contributed by atoms with Crippen molar-refractivity contribution in [1.82, 2.24) is 4.40 Å². The van der Waals surface area contributed by atoms with Gasteiger partial charge in [0, 0.05) is 24.2 Å². The molecule has 0 bridgehead atoms. The highest BCUT2D eigenvalue weighted by Gasteiger charge is 2.16. The molecule has 15 heavy (non-hydrogen) atoms. The number of rotatable bonds is 2. The van der Waals surface area contributed by atoms with Gasteiger partial charge in [-0.3, -0.25) is 9.59 Å². The minimum atomic E-state index is -0.0913. The maximum atomic E-state index is 11.5. The number of ketones is 2. The zero-order valence-corrected chi connectivity index (χ0v) is 8.65. The van der Waals surface area contributed by atoms with Crippen LogP contribution in [0.1, 0.15) is 34.7 Å². The van der Waals surface area contributed by atoms with Crippen molar-refractivity contribution in [3.05, 3.63) is 41.7 Å². The van der Waals surface area contributed by atoms with Crippen molar-refractivity contribution in [3.8, 4) is 0 Å². The third kappa shape index (κ3) is 1.46. The molecule has 2 rings (SSSR count). The fourth-order valence-corrected chi connectivity index (χ4v) is 1.75. The Labute approximate surface area is 87.3 Å². The second kappa shape index (κ2) is 3.35. The van der Waals surface area contributed by atoms with Gasteiger partial charge in [0.25, 0.3) is 0 Å². The number of nitrogens with zero attached hydrogens (tertiary/aromatic N) is 1. The minimum Gasteiger partial charge on any atom is -0.313 e. The first-order chi connectivity index (χ1) is 7.11. The monoisotopic (exact) mass is 201 g/mol. The Balaban J connectivity index is 2.86. The standard InChI is InChI=1S/C12H11NO2/c1-8(14)11-7-10-5-3-4-6-13(10)12(11)9(2)15/h3-7H,1-2H3. The van der Waals surface area contributed by atoms with Gasteiger partial charge in [0.1, 0.15) is 0 Å². The summed E-state index contributed by atoms with van der Waals surface area (Å²) in [5, 5.41) is 0. The number of hydrogen-bond acceptors (Lipinski definition) is 2. The van der Waals surface area contributed by atoms with E-state index < -0.39 is 0 Å². The first-order valence-electron chi connectivity index (χ1n) is 4.73. The second-order valence-corrected chi connectivity index (χ2v) is 3.51. The Kier molecular flexibility index (Phi) is 2.15. The highest BCUT2D eigenvalue weighted by atomic mass is 16.1. The molecule has 2 heterocycles. The van der Waals surface area contributed by atoms with Gasteiger partial charge >= 0.3 is 0 Å². The number of pyridine rings is 1. The number of hydrogen-bond donors (Lipinski definition) is 0. The normalized spacial score (nSPS) is 10.5. The number of aromatic nitrogens is 1. The predicted molar refractivity (Wildman–Crippen MR) is 57.4 cm³/mol. The molecule has 3 nitrogen and oxygen atoms in total. The van der Waals surface area contributed by atoms with E-state index in [0.717, 1.165) is 5.52 Å². The van der Waals surface area contributed by atoms with Gasteiger partial charge in [0.2, 0.25) is 0 Å². The summed E-state index contributed by atoms with van der Waals surface area (Å²) in [5.41, 5.74) is 1.83. The lowest BCUT2D eigenvalue weighted by atomic mass is 10.1. The maximum Gasteiger partial charge on any atom is 0.177 e. The van der Waals surface area contributed by atoms with Crippen LogP contribution in [0.2, 0.25) is 0 Å². The Hall–Kier alpha value is -1.90. The van der Waals surface area contributed by atoms with Gasteiger partial charge in [-0.25, -0.2) is 0 Å². The summed E-state index contributed by atoms with van der Waals surface area (Å²) in [7, 11) is 0. The summed E-state index contributed by atoms with van der Waals surface area (Å²) >= 11 is 0. The van der Waals surface area contributed by atoms with E-state index in [1.807, 2.05) is 18.2 Å². The molecule has 76 valence electrons. The second-order valence-electron chi connectivity index (χ2n) is 3.51. The lowest BCUT2D eigenvalue weighted by molar-refractivity contribution is 0.0977. The molecule has 0 aliphatic rings. The number of carbonyl (C=O) groups excluding carboxylic acids is 2. The van der Waals surface area contributed by atoms with E-state index in [-0.39, 0.29) is 11.6 Å². The van der Waals surface area contributed by atoms with Gasteiger partial charge in [-0.2, -0.15) is 0 Å². The van der Waals surface area contributed by atoms with Crippen LogP contribution in [0.5, 0.6) is 0 Å². The van der Waals surface area contributed by atoms with E-state index in [9.17, 15) is 9.59 Å². The van der Waals surface area contributed by atoms with Gasteiger partial charge in [-0.1, -0.05) is 6.07 Å². The van der Waals surface area contributed by atoms with Crippen LogP contribution in [0.3, 0.4) is 0 Å². The van der Waals surface area contributed by atoms with Crippen LogP contribution >= 0.6 is 0 Å². The largest absolute Gasteiger partial charge is 0.313 e. The molecule has 2 aromatic heterocycles. The molecule has 0 fully saturated rings. The van der Waals surface area contributed by atoms with Crippen molar-refractivity contribution in [2.24, 2.45) is 0 Å². The van der Waals surface area contributed by atoms with Gasteiger partial charge < -0.3 is 4.40 Å². The van der Waals surface area contributed by atoms with Gasteiger partial charge in [-0.15, -0.1) is 0 Å². The van der Waals surface area contributed by atoms with Crippen molar-refractivity contribution in [2.45, 2.75) is 13.8 Å². The Morgan fingerprint density at radius 1 is 1.13 bits per heavy atom. The zero-order valence-electron chi connectivity index (χ0n) is 8.65. The van der Waals surface area contributed by atoms with Crippen LogP contribution in [0.4, 0.5) is 0 Å². The minimum absolute atomic E-state index is 0.0797. The molecule has 0 N–H and O–H groups in total. The van der Waals surface area contributed by atoms with Crippen LogP contribution in [0.15, 0.2) is 30.5 Å². The molecule has 0 radical (unpaired) electrons. The van der Waals surface area contributed by atoms with E-state index in [4.69, 9.17) is 0 Å².